The zero-order valence-corrected chi connectivity index (χ0v) is 18.9. The molecule has 0 spiro atoms. The zero-order chi connectivity index (χ0) is 23.8. The number of ether oxygens (including phenoxy) is 1. The molecule has 174 valence electrons. The normalized spacial score (nSPS) is 11.8. The number of phenolic OH excluding ortho intramolecular Hbond substituents is 1. The van der Waals surface area contributed by atoms with E-state index in [0.717, 1.165) is 16.8 Å². The number of aliphatic hydroxyl groups is 1. The van der Waals surface area contributed by atoms with Crippen molar-refractivity contribution >= 4 is 17.7 Å². The number of hydrogen-bond acceptors (Lipinski definition) is 8. The summed E-state index contributed by atoms with van der Waals surface area (Å²) in [5.41, 5.74) is 9.28. The number of phenols is 1. The van der Waals surface area contributed by atoms with Gasteiger partial charge in [-0.05, 0) is 49.7 Å². The van der Waals surface area contributed by atoms with E-state index in [-0.39, 0.29) is 24.9 Å². The molecule has 1 atom stereocenters. The summed E-state index contributed by atoms with van der Waals surface area (Å²) in [4.78, 5) is 4.77. The average Bonchev–Trinajstić information content (AvgIpc) is 2.80. The SMILES string of the molecule is CC(C)Nc1nc(-c2cccc(OCC(O)CN)c2)cc(NCc2cccc(O)c2)c1C=N. The Labute approximate surface area is 194 Å². The van der Waals surface area contributed by atoms with E-state index in [1.165, 1.54) is 6.21 Å². The summed E-state index contributed by atoms with van der Waals surface area (Å²) in [5.74, 6) is 1.40. The molecule has 0 saturated carbocycles. The number of benzene rings is 2. The molecule has 33 heavy (non-hydrogen) atoms. The maximum atomic E-state index is 9.75. The highest BCUT2D eigenvalue weighted by molar-refractivity contribution is 5.93. The van der Waals surface area contributed by atoms with Crippen molar-refractivity contribution in [2.75, 3.05) is 23.8 Å². The summed E-state index contributed by atoms with van der Waals surface area (Å²) in [6.45, 7) is 4.74. The Morgan fingerprint density at radius 1 is 1.15 bits per heavy atom. The molecule has 0 saturated heterocycles. The molecule has 0 aliphatic heterocycles. The number of aromatic hydroxyl groups is 1. The predicted octanol–water partition coefficient (Wildman–Crippen LogP) is 3.58. The molecule has 0 fully saturated rings. The highest BCUT2D eigenvalue weighted by atomic mass is 16.5. The van der Waals surface area contributed by atoms with Gasteiger partial charge in [0.05, 0.1) is 11.3 Å². The second-order valence-electron chi connectivity index (χ2n) is 8.01. The number of anilines is 2. The van der Waals surface area contributed by atoms with Gasteiger partial charge in [-0.2, -0.15) is 0 Å². The summed E-state index contributed by atoms with van der Waals surface area (Å²) in [7, 11) is 0. The van der Waals surface area contributed by atoms with E-state index >= 15 is 0 Å². The summed E-state index contributed by atoms with van der Waals surface area (Å²) in [6, 6.07) is 16.5. The molecule has 7 N–H and O–H groups in total. The minimum atomic E-state index is -0.728. The van der Waals surface area contributed by atoms with E-state index in [9.17, 15) is 10.2 Å². The van der Waals surface area contributed by atoms with Crippen LogP contribution in [-0.4, -0.2) is 46.7 Å². The molecule has 0 radical (unpaired) electrons. The molecule has 1 aromatic heterocycles. The smallest absolute Gasteiger partial charge is 0.137 e. The Morgan fingerprint density at radius 3 is 2.64 bits per heavy atom. The standard InChI is InChI=1S/C25H31N5O3/c1-16(2)29-25-22(13-27)24(28-14-17-5-3-7-19(31)9-17)11-23(30-25)18-6-4-8-21(10-18)33-15-20(32)12-26/h3-11,13,16,20,27,31-32H,12,14-15,26H2,1-2H3,(H2,28,29,30). The first-order valence-corrected chi connectivity index (χ1v) is 10.8. The highest BCUT2D eigenvalue weighted by Gasteiger charge is 2.14. The zero-order valence-electron chi connectivity index (χ0n) is 18.9. The van der Waals surface area contributed by atoms with Gasteiger partial charge in [0.2, 0.25) is 0 Å². The molecule has 3 rings (SSSR count). The lowest BCUT2D eigenvalue weighted by molar-refractivity contribution is 0.114. The lowest BCUT2D eigenvalue weighted by Crippen LogP contribution is -2.26. The van der Waals surface area contributed by atoms with Crippen LogP contribution in [0, 0.1) is 5.41 Å². The van der Waals surface area contributed by atoms with Crippen LogP contribution in [-0.2, 0) is 6.54 Å². The maximum absolute atomic E-state index is 9.75. The van der Waals surface area contributed by atoms with Crippen LogP contribution < -0.4 is 21.1 Å². The fourth-order valence-corrected chi connectivity index (χ4v) is 3.25. The Hall–Kier alpha value is -3.62. The van der Waals surface area contributed by atoms with Gasteiger partial charge < -0.3 is 36.7 Å². The van der Waals surface area contributed by atoms with Crippen molar-refractivity contribution < 1.29 is 14.9 Å². The van der Waals surface area contributed by atoms with Gasteiger partial charge in [-0.1, -0.05) is 24.3 Å². The van der Waals surface area contributed by atoms with Crippen LogP contribution in [0.3, 0.4) is 0 Å². The predicted molar refractivity (Wildman–Crippen MR) is 132 cm³/mol. The number of nitrogens with one attached hydrogen (secondary N) is 3. The van der Waals surface area contributed by atoms with Crippen LogP contribution in [0.5, 0.6) is 11.5 Å². The largest absolute Gasteiger partial charge is 0.508 e. The van der Waals surface area contributed by atoms with E-state index in [4.69, 9.17) is 20.9 Å². The average molecular weight is 450 g/mol. The van der Waals surface area contributed by atoms with Crippen LogP contribution in [0.15, 0.2) is 54.6 Å². The molecule has 0 bridgehead atoms. The minimum Gasteiger partial charge on any atom is -0.508 e. The molecule has 2 aromatic carbocycles. The van der Waals surface area contributed by atoms with Crippen LogP contribution in [0.1, 0.15) is 25.0 Å². The van der Waals surface area contributed by atoms with E-state index in [1.54, 1.807) is 18.2 Å². The first-order chi connectivity index (χ1) is 15.9. The number of hydrogen-bond donors (Lipinski definition) is 6. The van der Waals surface area contributed by atoms with Gasteiger partial charge in [-0.25, -0.2) is 4.98 Å². The fraction of sp³-hybridized carbons (Fsp3) is 0.280. The quantitative estimate of drug-likeness (QED) is 0.246. The second kappa shape index (κ2) is 11.3. The highest BCUT2D eigenvalue weighted by Crippen LogP contribution is 2.31. The Morgan fingerprint density at radius 2 is 1.94 bits per heavy atom. The van der Waals surface area contributed by atoms with Gasteiger partial charge in [-0.3, -0.25) is 0 Å². The Balaban J connectivity index is 1.95. The molecular formula is C25H31N5O3. The van der Waals surface area contributed by atoms with Crippen molar-refractivity contribution in [3.63, 3.8) is 0 Å². The van der Waals surface area contributed by atoms with Crippen molar-refractivity contribution in [3.8, 4) is 22.8 Å². The van der Waals surface area contributed by atoms with Crippen LogP contribution >= 0.6 is 0 Å². The molecule has 0 aliphatic carbocycles. The number of nitrogens with zero attached hydrogens (tertiary/aromatic N) is 1. The summed E-state index contributed by atoms with van der Waals surface area (Å²) in [6.07, 6.45) is 0.550. The second-order valence-corrected chi connectivity index (χ2v) is 8.01. The van der Waals surface area contributed by atoms with Crippen molar-refractivity contribution in [1.29, 1.82) is 5.41 Å². The van der Waals surface area contributed by atoms with Crippen LogP contribution in [0.25, 0.3) is 11.3 Å². The van der Waals surface area contributed by atoms with Crippen molar-refractivity contribution in [1.82, 2.24) is 4.98 Å². The third-order valence-corrected chi connectivity index (χ3v) is 4.87. The van der Waals surface area contributed by atoms with Crippen LogP contribution in [0.4, 0.5) is 11.5 Å². The van der Waals surface area contributed by atoms with Crippen molar-refractivity contribution in [2.24, 2.45) is 5.73 Å². The Bertz CT molecular complexity index is 1090. The molecule has 8 nitrogen and oxygen atoms in total. The first-order valence-electron chi connectivity index (χ1n) is 10.8. The van der Waals surface area contributed by atoms with Crippen molar-refractivity contribution in [2.45, 2.75) is 32.5 Å². The van der Waals surface area contributed by atoms with Gasteiger partial charge in [-0.15, -0.1) is 0 Å². The van der Waals surface area contributed by atoms with Crippen molar-refractivity contribution in [3.05, 3.63) is 65.7 Å². The number of pyridine rings is 1. The number of rotatable bonds is 11. The topological polar surface area (TPSA) is 137 Å². The third kappa shape index (κ3) is 6.68. The summed E-state index contributed by atoms with van der Waals surface area (Å²) in [5, 5.41) is 34.1. The molecule has 3 aromatic rings. The summed E-state index contributed by atoms with van der Waals surface area (Å²) < 4.78 is 5.66. The molecule has 8 heteroatoms. The Kier molecular flexibility index (Phi) is 8.23. The van der Waals surface area contributed by atoms with E-state index in [2.05, 4.69) is 10.6 Å². The molecule has 1 heterocycles. The number of aliphatic hydroxyl groups excluding tert-OH is 1. The van der Waals surface area contributed by atoms with Gasteiger partial charge >= 0.3 is 0 Å². The van der Waals surface area contributed by atoms with E-state index < -0.39 is 6.10 Å². The van der Waals surface area contributed by atoms with Gasteiger partial charge in [0.25, 0.3) is 0 Å². The number of aromatic nitrogens is 1. The van der Waals surface area contributed by atoms with Gasteiger partial charge in [0, 0.05) is 36.6 Å². The molecule has 1 unspecified atom stereocenters. The van der Waals surface area contributed by atoms with E-state index in [1.807, 2.05) is 50.2 Å². The lowest BCUT2D eigenvalue weighted by atomic mass is 10.1. The molecule has 0 aliphatic rings. The van der Waals surface area contributed by atoms with E-state index in [0.29, 0.717) is 29.4 Å². The van der Waals surface area contributed by atoms with Crippen LogP contribution in [0.2, 0.25) is 0 Å². The third-order valence-electron chi connectivity index (χ3n) is 4.87. The molecular weight excluding hydrogens is 418 g/mol. The minimum absolute atomic E-state index is 0.108. The monoisotopic (exact) mass is 449 g/mol. The number of nitrogens with two attached hydrogens (primary N) is 1. The lowest BCUT2D eigenvalue weighted by Gasteiger charge is -2.18. The summed E-state index contributed by atoms with van der Waals surface area (Å²) >= 11 is 0. The fourth-order valence-electron chi connectivity index (χ4n) is 3.25. The maximum Gasteiger partial charge on any atom is 0.137 e. The first kappa shape index (κ1) is 24.0. The van der Waals surface area contributed by atoms with Gasteiger partial charge in [0.15, 0.2) is 0 Å². The molecule has 0 amide bonds. The van der Waals surface area contributed by atoms with Gasteiger partial charge in [0.1, 0.15) is 30.0 Å².